The van der Waals surface area contributed by atoms with Crippen molar-refractivity contribution in [3.63, 3.8) is 0 Å². The second-order valence-corrected chi connectivity index (χ2v) is 8.42. The number of nitrogens with one attached hydrogen (secondary N) is 1. The minimum Gasteiger partial charge on any atom is -0.487 e. The van der Waals surface area contributed by atoms with Crippen molar-refractivity contribution in [3.8, 4) is 5.75 Å². The van der Waals surface area contributed by atoms with Crippen molar-refractivity contribution in [2.45, 2.75) is 52.2 Å². The monoisotopic (exact) mass is 428 g/mol. The quantitative estimate of drug-likeness (QED) is 0.515. The summed E-state index contributed by atoms with van der Waals surface area (Å²) in [5.41, 5.74) is 0.980. The highest BCUT2D eigenvalue weighted by Crippen LogP contribution is 2.25. The van der Waals surface area contributed by atoms with Crippen LogP contribution in [0.5, 0.6) is 5.75 Å². The Morgan fingerprint density at radius 2 is 1.84 bits per heavy atom. The predicted molar refractivity (Wildman–Crippen MR) is 118 cm³/mol. The van der Waals surface area contributed by atoms with Gasteiger partial charge < -0.3 is 14.4 Å². The van der Waals surface area contributed by atoms with Crippen molar-refractivity contribution in [1.29, 1.82) is 0 Å². The van der Waals surface area contributed by atoms with E-state index in [9.17, 15) is 14.9 Å². The van der Waals surface area contributed by atoms with Crippen LogP contribution in [-0.4, -0.2) is 34.7 Å². The molecule has 0 spiro atoms. The molecule has 2 aromatic rings. The van der Waals surface area contributed by atoms with Gasteiger partial charge in [-0.3, -0.25) is 15.4 Å². The number of ether oxygens (including phenoxy) is 2. The molecule has 1 aromatic carbocycles. The van der Waals surface area contributed by atoms with E-state index >= 15 is 0 Å². The first kappa shape index (κ1) is 22.3. The Hall–Kier alpha value is -3.36. The van der Waals surface area contributed by atoms with Crippen molar-refractivity contribution in [2.75, 3.05) is 23.3 Å². The Morgan fingerprint density at radius 3 is 2.45 bits per heavy atom. The number of amides is 1. The number of carbonyl (C=O) groups excluding carboxylic acids is 1. The lowest BCUT2D eigenvalue weighted by Gasteiger charge is -2.29. The Morgan fingerprint density at radius 1 is 1.16 bits per heavy atom. The zero-order valence-electron chi connectivity index (χ0n) is 18.1. The summed E-state index contributed by atoms with van der Waals surface area (Å²) in [5, 5.41) is 13.5. The van der Waals surface area contributed by atoms with E-state index in [1.807, 2.05) is 12.1 Å². The molecule has 1 aliphatic rings. The van der Waals surface area contributed by atoms with E-state index in [0.29, 0.717) is 17.3 Å². The van der Waals surface area contributed by atoms with E-state index in [-0.39, 0.29) is 12.3 Å². The minimum atomic E-state index is -0.615. The van der Waals surface area contributed by atoms with Crippen LogP contribution in [0.25, 0.3) is 0 Å². The van der Waals surface area contributed by atoms with Crippen LogP contribution in [0.1, 0.15) is 45.7 Å². The highest BCUT2D eigenvalue weighted by Gasteiger charge is 2.19. The number of anilines is 2. The fraction of sp³-hybridized carbons (Fsp3) is 0.455. The highest BCUT2D eigenvalue weighted by atomic mass is 16.6. The molecule has 0 unspecified atom stereocenters. The van der Waals surface area contributed by atoms with E-state index in [2.05, 4.69) is 15.2 Å². The third-order valence-electron chi connectivity index (χ3n) is 4.65. The number of benzene rings is 1. The van der Waals surface area contributed by atoms with Gasteiger partial charge >= 0.3 is 6.09 Å². The standard InChI is InChI=1S/C22H28N4O5/c1-22(2,3)31-21(27)24-20-14-18(25-11-5-4-6-12-25)13-16(23-20)15-30-19-9-7-17(8-10-19)26(28)29/h7-10,13-14H,4-6,11-12,15H2,1-3H3,(H,23,24,27). The zero-order chi connectivity index (χ0) is 22.4. The maximum absolute atomic E-state index is 12.2. The van der Waals surface area contributed by atoms with Gasteiger partial charge in [-0.15, -0.1) is 0 Å². The van der Waals surface area contributed by atoms with E-state index in [4.69, 9.17) is 9.47 Å². The number of carbonyl (C=O) groups is 1. The largest absolute Gasteiger partial charge is 0.487 e. The summed E-state index contributed by atoms with van der Waals surface area (Å²) < 4.78 is 11.1. The number of nitro groups is 1. The molecule has 2 heterocycles. The van der Waals surface area contributed by atoms with Gasteiger partial charge in [0.15, 0.2) is 0 Å². The number of aromatic nitrogens is 1. The van der Waals surface area contributed by atoms with Crippen LogP contribution >= 0.6 is 0 Å². The van der Waals surface area contributed by atoms with Crippen molar-refractivity contribution in [3.05, 3.63) is 52.2 Å². The van der Waals surface area contributed by atoms with Gasteiger partial charge in [0.05, 0.1) is 10.6 Å². The number of hydrogen-bond acceptors (Lipinski definition) is 7. The fourth-order valence-corrected chi connectivity index (χ4v) is 3.27. The van der Waals surface area contributed by atoms with Gasteiger partial charge in [-0.05, 0) is 58.2 Å². The molecule has 31 heavy (non-hydrogen) atoms. The maximum Gasteiger partial charge on any atom is 0.413 e. The molecule has 0 aliphatic carbocycles. The first-order valence-electron chi connectivity index (χ1n) is 10.3. The third-order valence-corrected chi connectivity index (χ3v) is 4.65. The number of nitro benzene ring substituents is 1. The summed E-state index contributed by atoms with van der Waals surface area (Å²) in [4.78, 5) is 29.3. The number of hydrogen-bond donors (Lipinski definition) is 1. The Bertz CT molecular complexity index is 918. The summed E-state index contributed by atoms with van der Waals surface area (Å²) in [5.74, 6) is 0.886. The number of piperidine rings is 1. The molecule has 1 N–H and O–H groups in total. The molecule has 166 valence electrons. The summed E-state index contributed by atoms with van der Waals surface area (Å²) in [6, 6.07) is 9.66. The minimum absolute atomic E-state index is 0.00131. The molecule has 3 rings (SSSR count). The van der Waals surface area contributed by atoms with E-state index in [1.165, 1.54) is 18.6 Å². The van der Waals surface area contributed by atoms with Crippen molar-refractivity contribution in [1.82, 2.24) is 4.98 Å². The van der Waals surface area contributed by atoms with Gasteiger partial charge in [0, 0.05) is 37.0 Å². The number of pyridine rings is 1. The lowest BCUT2D eigenvalue weighted by atomic mass is 10.1. The first-order chi connectivity index (χ1) is 14.7. The van der Waals surface area contributed by atoms with Crippen molar-refractivity contribution in [2.24, 2.45) is 0 Å². The molecule has 0 saturated carbocycles. The van der Waals surface area contributed by atoms with E-state index in [1.54, 1.807) is 32.9 Å². The lowest BCUT2D eigenvalue weighted by molar-refractivity contribution is -0.384. The van der Waals surface area contributed by atoms with Crippen LogP contribution in [0.2, 0.25) is 0 Å². The van der Waals surface area contributed by atoms with Crippen LogP contribution in [0.4, 0.5) is 22.0 Å². The smallest absolute Gasteiger partial charge is 0.413 e. The van der Waals surface area contributed by atoms with Crippen LogP contribution in [0, 0.1) is 10.1 Å². The van der Waals surface area contributed by atoms with E-state index in [0.717, 1.165) is 31.6 Å². The second kappa shape index (κ2) is 9.63. The molecule has 1 fully saturated rings. The summed E-state index contributed by atoms with van der Waals surface area (Å²) in [7, 11) is 0. The van der Waals surface area contributed by atoms with Crippen molar-refractivity contribution < 1.29 is 19.2 Å². The number of non-ortho nitro benzene ring substituents is 1. The van der Waals surface area contributed by atoms with Gasteiger partial charge in [0.2, 0.25) is 0 Å². The van der Waals surface area contributed by atoms with E-state index < -0.39 is 16.6 Å². The average molecular weight is 428 g/mol. The first-order valence-corrected chi connectivity index (χ1v) is 10.3. The highest BCUT2D eigenvalue weighted by molar-refractivity contribution is 5.84. The molecule has 9 heteroatoms. The van der Waals surface area contributed by atoms with Crippen molar-refractivity contribution >= 4 is 23.3 Å². The molecule has 1 amide bonds. The van der Waals surface area contributed by atoms with Gasteiger partial charge in [-0.25, -0.2) is 9.78 Å². The van der Waals surface area contributed by atoms with Crippen LogP contribution < -0.4 is 15.0 Å². The second-order valence-electron chi connectivity index (χ2n) is 8.42. The van der Waals surface area contributed by atoms with Gasteiger partial charge in [0.1, 0.15) is 23.8 Å². The fourth-order valence-electron chi connectivity index (χ4n) is 3.27. The average Bonchev–Trinajstić information content (AvgIpc) is 2.71. The van der Waals surface area contributed by atoms with Crippen LogP contribution in [-0.2, 0) is 11.3 Å². The molecule has 0 radical (unpaired) electrons. The number of nitrogens with zero attached hydrogens (tertiary/aromatic N) is 3. The summed E-state index contributed by atoms with van der Waals surface area (Å²) >= 11 is 0. The molecular formula is C22H28N4O5. The Kier molecular flexibility index (Phi) is 6.94. The number of rotatable bonds is 6. The third kappa shape index (κ3) is 6.84. The summed E-state index contributed by atoms with van der Waals surface area (Å²) in [6.45, 7) is 7.44. The maximum atomic E-state index is 12.2. The molecule has 0 bridgehead atoms. The van der Waals surface area contributed by atoms with Crippen LogP contribution in [0.15, 0.2) is 36.4 Å². The summed E-state index contributed by atoms with van der Waals surface area (Å²) in [6.07, 6.45) is 2.87. The normalized spacial score (nSPS) is 14.1. The van der Waals surface area contributed by atoms with Gasteiger partial charge in [0.25, 0.3) is 5.69 Å². The molecule has 1 aromatic heterocycles. The van der Waals surface area contributed by atoms with Crippen LogP contribution in [0.3, 0.4) is 0 Å². The van der Waals surface area contributed by atoms with Gasteiger partial charge in [-0.2, -0.15) is 0 Å². The Balaban J connectivity index is 1.76. The molecular weight excluding hydrogens is 400 g/mol. The molecule has 1 aliphatic heterocycles. The topological polar surface area (TPSA) is 107 Å². The molecule has 1 saturated heterocycles. The molecule has 0 atom stereocenters. The zero-order valence-corrected chi connectivity index (χ0v) is 18.1. The predicted octanol–water partition coefficient (Wildman–Crippen LogP) is 4.91. The Labute approximate surface area is 181 Å². The van der Waals surface area contributed by atoms with Gasteiger partial charge in [-0.1, -0.05) is 0 Å². The molecule has 9 nitrogen and oxygen atoms in total. The lowest BCUT2D eigenvalue weighted by Crippen LogP contribution is -2.30. The SMILES string of the molecule is CC(C)(C)OC(=O)Nc1cc(N2CCCCC2)cc(COc2ccc([N+](=O)[O-])cc2)n1.